The number of amides is 4. The molecule has 1 heterocycles. The molecule has 2 aromatic carbocycles. The molecule has 0 fully saturated rings. The van der Waals surface area contributed by atoms with Gasteiger partial charge >= 0.3 is 6.03 Å². The van der Waals surface area contributed by atoms with Gasteiger partial charge in [-0.15, -0.1) is 0 Å². The lowest BCUT2D eigenvalue weighted by Crippen LogP contribution is -2.43. The molecule has 0 bridgehead atoms. The van der Waals surface area contributed by atoms with Crippen LogP contribution in [0, 0.1) is 12.7 Å². The average molecular weight is 424 g/mol. The number of hydrogen-bond donors (Lipinski definition) is 4. The molecule has 0 spiro atoms. The van der Waals surface area contributed by atoms with E-state index in [0.29, 0.717) is 11.4 Å². The number of halogens is 1. The molecule has 3 aromatic rings. The Morgan fingerprint density at radius 3 is 2.35 bits per heavy atom. The van der Waals surface area contributed by atoms with Crippen molar-refractivity contribution < 1.29 is 23.2 Å². The highest BCUT2D eigenvalue weighted by molar-refractivity contribution is 6.05. The van der Waals surface area contributed by atoms with Gasteiger partial charge in [-0.25, -0.2) is 9.18 Å². The predicted molar refractivity (Wildman–Crippen MR) is 114 cm³/mol. The van der Waals surface area contributed by atoms with E-state index in [1.807, 2.05) is 6.07 Å². The molecule has 1 aromatic heterocycles. The van der Waals surface area contributed by atoms with Crippen molar-refractivity contribution in [2.75, 3.05) is 16.0 Å². The maximum Gasteiger partial charge on any atom is 0.319 e. The van der Waals surface area contributed by atoms with Gasteiger partial charge in [0.1, 0.15) is 17.6 Å². The van der Waals surface area contributed by atoms with Gasteiger partial charge in [-0.3, -0.25) is 9.59 Å². The largest absolute Gasteiger partial charge is 0.469 e. The minimum atomic E-state index is -0.830. The summed E-state index contributed by atoms with van der Waals surface area (Å²) in [4.78, 5) is 36.7. The first-order chi connectivity index (χ1) is 14.8. The number of carbonyl (C=O) groups is 3. The van der Waals surface area contributed by atoms with Crippen LogP contribution in [0.15, 0.2) is 65.3 Å². The molecule has 1 unspecified atom stereocenters. The van der Waals surface area contributed by atoms with Gasteiger partial charge < -0.3 is 25.7 Å². The van der Waals surface area contributed by atoms with E-state index in [1.54, 1.807) is 31.2 Å². The zero-order chi connectivity index (χ0) is 22.4. The Kier molecular flexibility index (Phi) is 6.66. The summed E-state index contributed by atoms with van der Waals surface area (Å²) >= 11 is 0. The van der Waals surface area contributed by atoms with Crippen molar-refractivity contribution in [1.82, 2.24) is 5.32 Å². The van der Waals surface area contributed by atoms with E-state index in [9.17, 15) is 18.8 Å². The van der Waals surface area contributed by atoms with E-state index < -0.39 is 29.7 Å². The second kappa shape index (κ2) is 9.57. The Morgan fingerprint density at radius 2 is 1.68 bits per heavy atom. The Balaban J connectivity index is 1.59. The third-order valence-corrected chi connectivity index (χ3v) is 4.36. The van der Waals surface area contributed by atoms with Gasteiger partial charge in [-0.05, 0) is 50.2 Å². The zero-order valence-corrected chi connectivity index (χ0v) is 16.9. The number of urea groups is 1. The lowest BCUT2D eigenvalue weighted by atomic mass is 10.2. The predicted octanol–water partition coefficient (Wildman–Crippen LogP) is 4.13. The minimum absolute atomic E-state index is 0.113. The number of carbonyl (C=O) groups excluding carboxylic acids is 3. The first kappa shape index (κ1) is 21.6. The van der Waals surface area contributed by atoms with Crippen LogP contribution >= 0.6 is 0 Å². The highest BCUT2D eigenvalue weighted by atomic mass is 19.1. The first-order valence-corrected chi connectivity index (χ1v) is 9.42. The molecule has 8 nitrogen and oxygen atoms in total. The third kappa shape index (κ3) is 5.69. The molecule has 4 N–H and O–H groups in total. The van der Waals surface area contributed by atoms with E-state index in [-0.39, 0.29) is 16.9 Å². The van der Waals surface area contributed by atoms with Crippen molar-refractivity contribution in [1.29, 1.82) is 0 Å². The zero-order valence-electron chi connectivity index (χ0n) is 16.9. The minimum Gasteiger partial charge on any atom is -0.469 e. The fourth-order valence-electron chi connectivity index (χ4n) is 2.71. The Labute approximate surface area is 177 Å². The average Bonchev–Trinajstić information content (AvgIpc) is 3.17. The van der Waals surface area contributed by atoms with Crippen molar-refractivity contribution in [2.24, 2.45) is 0 Å². The highest BCUT2D eigenvalue weighted by Crippen LogP contribution is 2.21. The number of hydrogen-bond acceptors (Lipinski definition) is 4. The molecule has 0 aliphatic heterocycles. The molecular weight excluding hydrogens is 403 g/mol. The number of furan rings is 1. The molecule has 0 radical (unpaired) electrons. The summed E-state index contributed by atoms with van der Waals surface area (Å²) in [7, 11) is 0. The number of benzene rings is 2. The van der Waals surface area contributed by atoms with Gasteiger partial charge in [0, 0.05) is 11.4 Å². The number of nitrogens with one attached hydrogen (secondary N) is 4. The van der Waals surface area contributed by atoms with Crippen LogP contribution in [0.4, 0.5) is 26.2 Å². The van der Waals surface area contributed by atoms with Crippen molar-refractivity contribution in [2.45, 2.75) is 19.9 Å². The SMILES string of the molecule is Cc1occc1C(=O)Nc1cc(NC(=O)NC(C)C(=O)Nc2ccccc2)ccc1F. The Bertz CT molecular complexity index is 1100. The fourth-order valence-corrected chi connectivity index (χ4v) is 2.71. The van der Waals surface area contributed by atoms with Crippen LogP contribution in [0.2, 0.25) is 0 Å². The number of aryl methyl sites for hydroxylation is 1. The maximum absolute atomic E-state index is 14.1. The van der Waals surface area contributed by atoms with Crippen LogP contribution in [-0.4, -0.2) is 23.9 Å². The van der Waals surface area contributed by atoms with E-state index in [4.69, 9.17) is 4.42 Å². The Hall–Kier alpha value is -4.14. The lowest BCUT2D eigenvalue weighted by molar-refractivity contribution is -0.117. The van der Waals surface area contributed by atoms with Gasteiger partial charge in [0.05, 0.1) is 17.5 Å². The smallest absolute Gasteiger partial charge is 0.319 e. The van der Waals surface area contributed by atoms with Gasteiger partial charge in [0.15, 0.2) is 0 Å². The molecule has 31 heavy (non-hydrogen) atoms. The van der Waals surface area contributed by atoms with E-state index in [1.165, 1.54) is 31.4 Å². The summed E-state index contributed by atoms with van der Waals surface area (Å²) < 4.78 is 19.2. The monoisotopic (exact) mass is 424 g/mol. The van der Waals surface area contributed by atoms with Crippen molar-refractivity contribution >= 4 is 34.9 Å². The van der Waals surface area contributed by atoms with Crippen LogP contribution in [0.5, 0.6) is 0 Å². The van der Waals surface area contributed by atoms with E-state index in [0.717, 1.165) is 6.07 Å². The summed E-state index contributed by atoms with van der Waals surface area (Å²) in [5.74, 6) is -1.22. The van der Waals surface area contributed by atoms with E-state index in [2.05, 4.69) is 21.3 Å². The molecule has 1 atom stereocenters. The second-order valence-electron chi connectivity index (χ2n) is 6.71. The van der Waals surface area contributed by atoms with Crippen molar-refractivity contribution in [3.63, 3.8) is 0 Å². The molecule has 0 aliphatic carbocycles. The van der Waals surface area contributed by atoms with Crippen LogP contribution in [0.25, 0.3) is 0 Å². The van der Waals surface area contributed by atoms with Crippen LogP contribution in [-0.2, 0) is 4.79 Å². The quantitative estimate of drug-likeness (QED) is 0.477. The molecule has 160 valence electrons. The first-order valence-electron chi connectivity index (χ1n) is 9.42. The standard InChI is InChI=1S/C22H21FN4O4/c1-13(20(28)25-15-6-4-3-5-7-15)24-22(30)26-16-8-9-18(23)19(12-16)27-21(29)17-10-11-31-14(17)2/h3-13H,1-2H3,(H,25,28)(H,27,29)(H2,24,26,30). The molecular formula is C22H21FN4O4. The fraction of sp³-hybridized carbons (Fsp3) is 0.136. The van der Waals surface area contributed by atoms with Crippen LogP contribution in [0.1, 0.15) is 23.0 Å². The maximum atomic E-state index is 14.1. The highest BCUT2D eigenvalue weighted by Gasteiger charge is 2.17. The van der Waals surface area contributed by atoms with Crippen molar-refractivity contribution in [3.05, 3.63) is 78.0 Å². The molecule has 0 saturated carbocycles. The summed E-state index contributed by atoms with van der Waals surface area (Å²) in [6, 6.07) is 12.5. The molecule has 0 saturated heterocycles. The second-order valence-corrected chi connectivity index (χ2v) is 6.71. The van der Waals surface area contributed by atoms with Gasteiger partial charge in [0.2, 0.25) is 5.91 Å². The summed E-state index contributed by atoms with van der Waals surface area (Å²) in [6.07, 6.45) is 1.36. The molecule has 9 heteroatoms. The summed E-state index contributed by atoms with van der Waals surface area (Å²) in [5, 5.41) is 10.1. The van der Waals surface area contributed by atoms with Gasteiger partial charge in [0.25, 0.3) is 5.91 Å². The van der Waals surface area contributed by atoms with Crippen molar-refractivity contribution in [3.8, 4) is 0 Å². The normalized spacial score (nSPS) is 11.3. The molecule has 4 amide bonds. The van der Waals surface area contributed by atoms with Gasteiger partial charge in [-0.1, -0.05) is 18.2 Å². The van der Waals surface area contributed by atoms with Crippen LogP contribution < -0.4 is 21.3 Å². The number of rotatable bonds is 6. The van der Waals surface area contributed by atoms with Gasteiger partial charge in [-0.2, -0.15) is 0 Å². The number of anilines is 3. The van der Waals surface area contributed by atoms with Crippen LogP contribution in [0.3, 0.4) is 0 Å². The Morgan fingerprint density at radius 1 is 0.935 bits per heavy atom. The summed E-state index contributed by atoms with van der Waals surface area (Å²) in [5.41, 5.74) is 0.995. The molecule has 3 rings (SSSR count). The third-order valence-electron chi connectivity index (χ3n) is 4.36. The number of para-hydroxylation sites is 1. The lowest BCUT2D eigenvalue weighted by Gasteiger charge is -2.15. The van der Waals surface area contributed by atoms with E-state index >= 15 is 0 Å². The summed E-state index contributed by atoms with van der Waals surface area (Å²) in [6.45, 7) is 3.14. The topological polar surface area (TPSA) is 112 Å². The molecule has 0 aliphatic rings.